The van der Waals surface area contributed by atoms with Gasteiger partial charge in [0.05, 0.1) is 12.1 Å². The van der Waals surface area contributed by atoms with E-state index in [0.29, 0.717) is 41.5 Å². The zero-order valence-electron chi connectivity index (χ0n) is 66.4. The van der Waals surface area contributed by atoms with E-state index >= 15 is 0 Å². The number of alkyl carbamates (subject to hydrolysis) is 1. The Morgan fingerprint density at radius 1 is 0.510 bits per heavy atom. The molecule has 7 aliphatic rings. The number of nitrogens with two attached hydrogens (primary N) is 2. The molecule has 0 bridgehead atoms. The third kappa shape index (κ3) is 21.7. The predicted octanol–water partition coefficient (Wildman–Crippen LogP) is 21.0. The summed E-state index contributed by atoms with van der Waals surface area (Å²) in [7, 11) is -0.730. The van der Waals surface area contributed by atoms with Crippen LogP contribution in [-0.2, 0) is 61.1 Å². The molecular formula is C92H126BN7O4. The molecule has 6 atom stereocenters. The van der Waals surface area contributed by atoms with E-state index in [0.717, 1.165) is 97.6 Å². The zero-order valence-corrected chi connectivity index (χ0v) is 66.4. The van der Waals surface area contributed by atoms with Gasteiger partial charge in [-0.2, -0.15) is 0 Å². The van der Waals surface area contributed by atoms with Crippen LogP contribution in [0.1, 0.15) is 346 Å². The third-order valence-corrected chi connectivity index (χ3v) is 22.4. The van der Waals surface area contributed by atoms with Gasteiger partial charge in [0.2, 0.25) is 0 Å². The fourth-order valence-electron chi connectivity index (χ4n) is 15.1. The number of aromatic nitrogens is 3. The highest BCUT2D eigenvalue weighted by Crippen LogP contribution is 2.38. The largest absolute Gasteiger partial charge is 0.491 e. The number of carbonyl (C=O) groups excluding carboxylic acids is 1. The lowest BCUT2D eigenvalue weighted by Gasteiger charge is -2.31. The van der Waals surface area contributed by atoms with E-state index in [2.05, 4.69) is 234 Å². The maximum absolute atomic E-state index is 12.2. The van der Waals surface area contributed by atoms with Crippen molar-refractivity contribution in [2.24, 2.45) is 11.5 Å². The number of nitrogens with one attached hydrogen (secondary N) is 1. The van der Waals surface area contributed by atoms with Gasteiger partial charge in [-0.15, -0.1) is 0 Å². The van der Waals surface area contributed by atoms with Crippen molar-refractivity contribution in [2.75, 3.05) is 6.54 Å². The molecule has 5 aromatic carbocycles. The number of hydrogen-bond donors (Lipinski definition) is 4. The zero-order chi connectivity index (χ0) is 74.9. The topological polar surface area (TPSA) is 162 Å². The average Bonchev–Trinajstić information content (AvgIpc) is 1.52. The highest BCUT2D eigenvalue weighted by atomic mass is 16.5. The average molecular weight is 1400 g/mol. The van der Waals surface area contributed by atoms with Crippen molar-refractivity contribution in [1.29, 1.82) is 0 Å². The van der Waals surface area contributed by atoms with Crippen LogP contribution >= 0.6 is 0 Å². The SMILES string of the molecule is CC(C)N1CCc2ccccc2C1.CC(C)c1ccc2c(c1)C(C)CC2.CC(C)c1ccc2c(c1)C(N)CC2.CC(C)c1cnc2c(c1)C(C)CC2.CC(C)c1cnc2c(c1)C(N)CC2.CC(C)c1cnc2c(c1)C(NC(=O)OCc1ccccc1)CCC2.CCC1OB(O)c2ccc(C(C)C)cc21. The van der Waals surface area contributed by atoms with Crippen molar-refractivity contribution in [3.05, 3.63) is 258 Å². The summed E-state index contributed by atoms with van der Waals surface area (Å²) in [6.07, 6.45) is 20.2. The van der Waals surface area contributed by atoms with E-state index < -0.39 is 7.12 Å². The molecule has 3 aromatic heterocycles. The van der Waals surface area contributed by atoms with Crippen molar-refractivity contribution < 1.29 is 19.2 Å². The van der Waals surface area contributed by atoms with Crippen molar-refractivity contribution in [2.45, 2.75) is 292 Å². The Labute approximate surface area is 627 Å². The molecule has 0 saturated heterocycles. The van der Waals surface area contributed by atoms with Crippen molar-refractivity contribution in [1.82, 2.24) is 25.2 Å². The van der Waals surface area contributed by atoms with Crippen LogP contribution in [0.5, 0.6) is 0 Å². The van der Waals surface area contributed by atoms with Crippen molar-refractivity contribution in [3.8, 4) is 0 Å². The van der Waals surface area contributed by atoms with Crippen LogP contribution in [-0.4, -0.2) is 50.7 Å². The smallest absolute Gasteiger partial charge is 0.445 e. The summed E-state index contributed by atoms with van der Waals surface area (Å²) in [6, 6.07) is 46.5. The molecule has 2 aliphatic heterocycles. The number of amides is 1. The molecule has 5 heterocycles. The second kappa shape index (κ2) is 38.3. The Bertz CT molecular complexity index is 3790. The van der Waals surface area contributed by atoms with Gasteiger partial charge in [0.15, 0.2) is 0 Å². The Kier molecular flexibility index (Phi) is 29.7. The molecule has 0 saturated carbocycles. The van der Waals surface area contributed by atoms with Gasteiger partial charge in [-0.1, -0.05) is 231 Å². The molecule has 0 radical (unpaired) electrons. The number of carbonyl (C=O) groups is 1. The number of ether oxygens (including phenoxy) is 1. The fourth-order valence-corrected chi connectivity index (χ4v) is 15.1. The maximum Gasteiger partial charge on any atom is 0.491 e. The van der Waals surface area contributed by atoms with Crippen molar-refractivity contribution >= 4 is 18.7 Å². The second-order valence-corrected chi connectivity index (χ2v) is 32.4. The number of fused-ring (bicyclic) bond motifs is 7. The lowest BCUT2D eigenvalue weighted by Crippen LogP contribution is -2.35. The molecule has 11 nitrogen and oxygen atoms in total. The van der Waals surface area contributed by atoms with Crippen LogP contribution in [0, 0.1) is 0 Å². The van der Waals surface area contributed by atoms with Gasteiger partial charge < -0.3 is 31.2 Å². The minimum absolute atomic E-state index is 0.0109. The summed E-state index contributed by atoms with van der Waals surface area (Å²) >= 11 is 0. The van der Waals surface area contributed by atoms with E-state index in [1.165, 1.54) is 111 Å². The number of aryl methyl sites for hydroxylation is 5. The standard InChI is InChI=1S/C20H24N2O2.C13H18.C12H17BO2.3C12H17N.C11H16N2/c1-14(2)16-11-17-18(21-12-16)9-6-10-19(17)22-20(23)24-13-15-7-4-3-5-8-15;1-9(2)12-7-6-11-5-4-10(3)13(11)8-12;1-4-12-10-7-9(8(2)3)5-6-11(10)13(14)15-12;1-8(2)10-6-11-9(3)4-5-12(11)13-7-10;1-8(2)10-4-3-9-5-6-12(13)11(9)7-10;1-10(2)13-8-7-11-5-3-4-6-12(11)9-13;1-7(2)8-5-9-10(12)3-4-11(9)13-6-8/h3-5,7-8,11-12,14,19H,6,9-10,13H2,1-2H3,(H,22,23);6-10H,4-5H2,1-3H3;5-8,12,14H,4H2,1-3H3;6-9H,4-5H2,1-3H3;3-4,7-8,12H,5-6,13H2,1-2H3;3-6,10H,7-9H2,1-2H3;5-7,10H,3-4,12H2,1-2H3. The van der Waals surface area contributed by atoms with Gasteiger partial charge >= 0.3 is 13.2 Å². The summed E-state index contributed by atoms with van der Waals surface area (Å²) < 4.78 is 10.8. The minimum Gasteiger partial charge on any atom is -0.445 e. The van der Waals surface area contributed by atoms with E-state index in [1.54, 1.807) is 16.7 Å². The summed E-state index contributed by atoms with van der Waals surface area (Å²) in [5, 5.41) is 12.7. The maximum atomic E-state index is 12.2. The van der Waals surface area contributed by atoms with E-state index in [4.69, 9.17) is 20.9 Å². The molecule has 12 heteroatoms. The summed E-state index contributed by atoms with van der Waals surface area (Å²) in [6.45, 7) is 40.4. The van der Waals surface area contributed by atoms with Gasteiger partial charge in [-0.05, 0) is 245 Å². The third-order valence-electron chi connectivity index (χ3n) is 22.4. The fraction of sp³-hybridized carbons (Fsp3) is 0.500. The monoisotopic (exact) mass is 1400 g/mol. The highest BCUT2D eigenvalue weighted by molar-refractivity contribution is 6.61. The van der Waals surface area contributed by atoms with Crippen LogP contribution in [0.25, 0.3) is 0 Å². The van der Waals surface area contributed by atoms with Gasteiger partial charge in [-0.25, -0.2) is 4.79 Å². The number of rotatable bonds is 11. The van der Waals surface area contributed by atoms with Crippen LogP contribution in [0.4, 0.5) is 4.79 Å². The Balaban J connectivity index is 0.000000143. The summed E-state index contributed by atoms with van der Waals surface area (Å²) in [4.78, 5) is 28.3. The predicted molar refractivity (Wildman–Crippen MR) is 433 cm³/mol. The van der Waals surface area contributed by atoms with Crippen LogP contribution in [0.15, 0.2) is 146 Å². The first-order valence-corrected chi connectivity index (χ1v) is 39.7. The molecule has 556 valence electrons. The Morgan fingerprint density at radius 2 is 0.971 bits per heavy atom. The first-order valence-electron chi connectivity index (χ1n) is 39.7. The van der Waals surface area contributed by atoms with Crippen LogP contribution in [0.2, 0.25) is 0 Å². The molecule has 15 rings (SSSR count). The van der Waals surface area contributed by atoms with Gasteiger partial charge in [0.25, 0.3) is 0 Å². The first-order chi connectivity index (χ1) is 49.8. The highest BCUT2D eigenvalue weighted by Gasteiger charge is 2.34. The number of hydrogen-bond acceptors (Lipinski definition) is 10. The number of benzene rings is 5. The van der Waals surface area contributed by atoms with Crippen LogP contribution < -0.4 is 22.2 Å². The Morgan fingerprint density at radius 3 is 1.57 bits per heavy atom. The van der Waals surface area contributed by atoms with E-state index in [9.17, 15) is 9.82 Å². The Hall–Kier alpha value is -7.32. The number of pyridine rings is 3. The number of nitrogens with zero attached hydrogens (tertiary/aromatic N) is 4. The molecule has 0 spiro atoms. The quantitative estimate of drug-likeness (QED) is 0.0918. The molecule has 0 fully saturated rings. The second-order valence-electron chi connectivity index (χ2n) is 32.4. The molecule has 5 aliphatic carbocycles. The molecular weight excluding hydrogens is 1280 g/mol. The molecule has 104 heavy (non-hydrogen) atoms. The minimum atomic E-state index is -0.730. The van der Waals surface area contributed by atoms with Crippen LogP contribution in [0.3, 0.4) is 0 Å². The van der Waals surface area contributed by atoms with Gasteiger partial charge in [0.1, 0.15) is 6.61 Å². The molecule has 1 amide bonds. The lowest BCUT2D eigenvalue weighted by molar-refractivity contribution is 0.134. The molecule has 8 aromatic rings. The molecule has 6 unspecified atom stereocenters. The van der Waals surface area contributed by atoms with E-state index in [1.807, 2.05) is 55.0 Å². The first kappa shape index (κ1) is 80.8. The van der Waals surface area contributed by atoms with Gasteiger partial charge in [-0.3, -0.25) is 19.9 Å². The van der Waals surface area contributed by atoms with E-state index in [-0.39, 0.29) is 36.9 Å². The van der Waals surface area contributed by atoms with Gasteiger partial charge in [0, 0.05) is 66.9 Å². The lowest BCUT2D eigenvalue weighted by atomic mass is 9.78. The summed E-state index contributed by atoms with van der Waals surface area (Å²) in [5.41, 5.74) is 39.8. The normalized spacial score (nSPS) is 19.2. The summed E-state index contributed by atoms with van der Waals surface area (Å²) in [5.74, 6) is 4.88. The van der Waals surface area contributed by atoms with Crippen molar-refractivity contribution in [3.63, 3.8) is 0 Å². The molecule has 6 N–H and O–H groups in total.